The number of anilines is 1. The van der Waals surface area contributed by atoms with E-state index in [4.69, 9.17) is 0 Å². The first-order valence-corrected chi connectivity index (χ1v) is 8.23. The minimum absolute atomic E-state index is 0.0981. The van der Waals surface area contributed by atoms with E-state index >= 15 is 0 Å². The first kappa shape index (κ1) is 13.7. The Balaban J connectivity index is 1.73. The van der Waals surface area contributed by atoms with Crippen LogP contribution in [-0.2, 0) is 13.0 Å². The number of hydrogen-bond donors (Lipinski definition) is 3. The van der Waals surface area contributed by atoms with E-state index in [0.717, 1.165) is 30.1 Å². The second kappa shape index (κ2) is 5.07. The second-order valence-corrected chi connectivity index (χ2v) is 7.02. The van der Waals surface area contributed by atoms with E-state index in [-0.39, 0.29) is 11.7 Å². The van der Waals surface area contributed by atoms with Crippen molar-refractivity contribution < 1.29 is 14.1 Å². The van der Waals surface area contributed by atoms with Crippen LogP contribution in [0, 0.1) is 5.82 Å². The van der Waals surface area contributed by atoms with Crippen LogP contribution in [0.5, 0.6) is 0 Å². The minimum atomic E-state index is -0.508. The predicted octanol–water partition coefficient (Wildman–Crippen LogP) is 1.31. The van der Waals surface area contributed by atoms with E-state index in [1.54, 1.807) is 29.5 Å². The smallest absolute Gasteiger partial charge is 0.256 e. The van der Waals surface area contributed by atoms with Gasteiger partial charge in [-0.05, 0) is 11.6 Å². The van der Waals surface area contributed by atoms with Crippen LogP contribution in [0.1, 0.15) is 32.5 Å². The van der Waals surface area contributed by atoms with Gasteiger partial charge in [0.2, 0.25) is 0 Å². The Labute approximate surface area is 131 Å². The van der Waals surface area contributed by atoms with Crippen molar-refractivity contribution in [3.63, 3.8) is 0 Å². The molecule has 0 saturated carbocycles. The molecule has 2 aromatic rings. The summed E-state index contributed by atoms with van der Waals surface area (Å²) in [4.78, 5) is 15.2. The molecule has 0 radical (unpaired) electrons. The minimum Gasteiger partial charge on any atom is -0.353 e. The molecule has 2 atom stereocenters. The number of carbonyl (C=O) groups is 1. The highest BCUT2D eigenvalue weighted by Crippen LogP contribution is 2.39. The average molecular weight is 318 g/mol. The molecule has 0 fully saturated rings. The molecule has 1 aromatic heterocycles. The molecule has 1 unspecified atom stereocenters. The van der Waals surface area contributed by atoms with Gasteiger partial charge in [-0.3, -0.25) is 4.79 Å². The van der Waals surface area contributed by atoms with E-state index in [9.17, 15) is 9.18 Å². The fourth-order valence-corrected chi connectivity index (χ4v) is 4.58. The monoisotopic (exact) mass is 318 g/mol. The standard InChI is InChI=1S/C16H16FN3OS/c1-20-7-6-10-12(8-20)22-16-13(10)15(21)18-14(19-16)9-4-2-3-5-11(9)17/h2-5,14,19H,6-8H2,1H3,(H,18,21)/p+1/t14-/m1/s1. The Morgan fingerprint density at radius 1 is 1.32 bits per heavy atom. The molecule has 0 bridgehead atoms. The molecule has 1 amide bonds. The molecule has 2 aliphatic heterocycles. The van der Waals surface area contributed by atoms with Gasteiger partial charge in [-0.25, -0.2) is 4.39 Å². The van der Waals surface area contributed by atoms with Gasteiger partial charge in [0.15, 0.2) is 0 Å². The Bertz CT molecular complexity index is 758. The summed E-state index contributed by atoms with van der Waals surface area (Å²) in [6.07, 6.45) is 0.415. The van der Waals surface area contributed by atoms with Crippen molar-refractivity contribution in [1.29, 1.82) is 0 Å². The molecule has 4 rings (SSSR count). The first-order valence-electron chi connectivity index (χ1n) is 7.41. The zero-order chi connectivity index (χ0) is 15.3. The number of benzene rings is 1. The number of quaternary nitrogens is 1. The van der Waals surface area contributed by atoms with Crippen LogP contribution in [0.3, 0.4) is 0 Å². The number of fused-ring (bicyclic) bond motifs is 3. The fourth-order valence-electron chi connectivity index (χ4n) is 3.20. The third kappa shape index (κ3) is 2.10. The van der Waals surface area contributed by atoms with Crippen molar-refractivity contribution in [3.8, 4) is 0 Å². The van der Waals surface area contributed by atoms with Crippen LogP contribution in [0.25, 0.3) is 0 Å². The highest BCUT2D eigenvalue weighted by molar-refractivity contribution is 7.16. The van der Waals surface area contributed by atoms with E-state index in [2.05, 4.69) is 17.7 Å². The quantitative estimate of drug-likeness (QED) is 0.742. The van der Waals surface area contributed by atoms with Crippen molar-refractivity contribution in [2.45, 2.75) is 19.1 Å². The molecule has 0 aliphatic carbocycles. The first-order chi connectivity index (χ1) is 10.6. The zero-order valence-corrected chi connectivity index (χ0v) is 13.0. The molecule has 4 nitrogen and oxygen atoms in total. The summed E-state index contributed by atoms with van der Waals surface area (Å²) in [6.45, 7) is 1.99. The van der Waals surface area contributed by atoms with Gasteiger partial charge >= 0.3 is 0 Å². The molecule has 2 aliphatic rings. The fraction of sp³-hybridized carbons (Fsp3) is 0.312. The Morgan fingerprint density at radius 2 is 2.14 bits per heavy atom. The third-order valence-corrected chi connectivity index (χ3v) is 5.51. The van der Waals surface area contributed by atoms with Gasteiger partial charge in [-0.1, -0.05) is 18.2 Å². The van der Waals surface area contributed by atoms with E-state index in [0.29, 0.717) is 5.56 Å². The molecule has 6 heteroatoms. The van der Waals surface area contributed by atoms with Crippen molar-refractivity contribution in [3.05, 3.63) is 51.7 Å². The number of halogens is 1. The van der Waals surface area contributed by atoms with Gasteiger partial charge in [0.25, 0.3) is 5.91 Å². The number of thiophene rings is 1. The van der Waals surface area contributed by atoms with Gasteiger partial charge in [-0.2, -0.15) is 0 Å². The van der Waals surface area contributed by atoms with Crippen molar-refractivity contribution in [1.82, 2.24) is 5.32 Å². The Hall–Kier alpha value is -1.92. The highest BCUT2D eigenvalue weighted by Gasteiger charge is 2.34. The van der Waals surface area contributed by atoms with Crippen LogP contribution >= 0.6 is 11.3 Å². The average Bonchev–Trinajstić information content (AvgIpc) is 2.85. The number of nitrogens with one attached hydrogen (secondary N) is 3. The third-order valence-electron chi connectivity index (χ3n) is 4.35. The number of amides is 1. The molecule has 0 spiro atoms. The maximum atomic E-state index is 14.0. The zero-order valence-electron chi connectivity index (χ0n) is 12.2. The topological polar surface area (TPSA) is 45.6 Å². The lowest BCUT2D eigenvalue weighted by molar-refractivity contribution is -0.895. The summed E-state index contributed by atoms with van der Waals surface area (Å²) in [6, 6.07) is 6.54. The maximum Gasteiger partial charge on any atom is 0.256 e. The Morgan fingerprint density at radius 3 is 2.95 bits per heavy atom. The van der Waals surface area contributed by atoms with Crippen LogP contribution in [0.4, 0.5) is 9.39 Å². The lowest BCUT2D eigenvalue weighted by atomic mass is 10.0. The maximum absolute atomic E-state index is 14.0. The highest BCUT2D eigenvalue weighted by atomic mass is 32.1. The summed E-state index contributed by atoms with van der Waals surface area (Å²) < 4.78 is 14.0. The van der Waals surface area contributed by atoms with Crippen molar-refractivity contribution in [2.75, 3.05) is 18.9 Å². The van der Waals surface area contributed by atoms with E-state index < -0.39 is 6.17 Å². The summed E-state index contributed by atoms with van der Waals surface area (Å²) in [7, 11) is 2.16. The van der Waals surface area contributed by atoms with Gasteiger partial charge in [0.1, 0.15) is 23.5 Å². The normalized spacial score (nSPS) is 23.3. The largest absolute Gasteiger partial charge is 0.353 e. The number of hydrogen-bond acceptors (Lipinski definition) is 3. The van der Waals surface area contributed by atoms with Gasteiger partial charge < -0.3 is 15.5 Å². The molecule has 22 heavy (non-hydrogen) atoms. The molecular formula is C16H17FN3OS+. The summed E-state index contributed by atoms with van der Waals surface area (Å²) in [5.41, 5.74) is 2.40. The van der Waals surface area contributed by atoms with Crippen molar-refractivity contribution in [2.24, 2.45) is 0 Å². The number of rotatable bonds is 1. The van der Waals surface area contributed by atoms with Crippen LogP contribution in [0.15, 0.2) is 24.3 Å². The van der Waals surface area contributed by atoms with E-state index in [1.165, 1.54) is 21.4 Å². The molecule has 1 aromatic carbocycles. The SMILES string of the molecule is C[NH+]1CCc2c(sc3c2C(=O)N[C@@H](c2ccccc2F)N3)C1. The summed E-state index contributed by atoms with van der Waals surface area (Å²) in [5.74, 6) is -0.409. The van der Waals surface area contributed by atoms with Crippen molar-refractivity contribution >= 4 is 22.2 Å². The predicted molar refractivity (Wildman–Crippen MR) is 83.7 cm³/mol. The van der Waals surface area contributed by atoms with E-state index in [1.807, 2.05) is 0 Å². The molecular weight excluding hydrogens is 301 g/mol. The summed E-state index contributed by atoms with van der Waals surface area (Å²) in [5, 5.41) is 7.05. The van der Waals surface area contributed by atoms with Gasteiger partial charge in [0, 0.05) is 12.0 Å². The molecule has 3 heterocycles. The number of likely N-dealkylation sites (N-methyl/N-ethyl adjacent to an activating group) is 1. The molecule has 114 valence electrons. The van der Waals surface area contributed by atoms with Gasteiger partial charge in [-0.15, -0.1) is 11.3 Å². The second-order valence-electron chi connectivity index (χ2n) is 5.91. The van der Waals surface area contributed by atoms with Crippen LogP contribution in [0.2, 0.25) is 0 Å². The number of carbonyl (C=O) groups excluding carboxylic acids is 1. The molecule has 0 saturated heterocycles. The Kier molecular flexibility index (Phi) is 3.16. The molecule has 3 N–H and O–H groups in total. The van der Waals surface area contributed by atoms with Crippen LogP contribution in [-0.4, -0.2) is 19.5 Å². The van der Waals surface area contributed by atoms with Crippen LogP contribution < -0.4 is 15.5 Å². The summed E-state index contributed by atoms with van der Waals surface area (Å²) >= 11 is 1.63. The van der Waals surface area contributed by atoms with Gasteiger partial charge in [0.05, 0.1) is 24.0 Å². The lowest BCUT2D eigenvalue weighted by Gasteiger charge is -2.27. The lowest BCUT2D eigenvalue weighted by Crippen LogP contribution is -3.08.